The molecule has 5 heteroatoms. The molecule has 0 aliphatic carbocycles. The number of hydrogen-bond acceptors (Lipinski definition) is 4. The van der Waals surface area contributed by atoms with Gasteiger partial charge in [0.25, 0.3) is 0 Å². The van der Waals surface area contributed by atoms with Gasteiger partial charge >= 0.3 is 0 Å². The predicted molar refractivity (Wildman–Crippen MR) is 64.5 cm³/mol. The molecule has 0 atom stereocenters. The van der Waals surface area contributed by atoms with Crippen molar-refractivity contribution in [3.05, 3.63) is 28.2 Å². The first-order valence-corrected chi connectivity index (χ1v) is 6.02. The summed E-state index contributed by atoms with van der Waals surface area (Å²) in [6.07, 6.45) is 4.43. The summed E-state index contributed by atoms with van der Waals surface area (Å²) in [4.78, 5) is 4.13. The molecule has 0 aliphatic heterocycles. The number of halogens is 1. The summed E-state index contributed by atoms with van der Waals surface area (Å²) in [5.74, 6) is 0. The standard InChI is InChI=1S/C10H15ClN2OS/c1-2-3-5-14-6-4-12-8-10-13-7-9(11)15-10/h2,7,12H,1,3-6,8H2. The Morgan fingerprint density at radius 3 is 3.13 bits per heavy atom. The SMILES string of the molecule is C=CCCOCCNCc1ncc(Cl)s1. The van der Waals surface area contributed by atoms with Gasteiger partial charge < -0.3 is 10.1 Å². The van der Waals surface area contributed by atoms with Crippen molar-refractivity contribution in [1.29, 1.82) is 0 Å². The number of nitrogens with zero attached hydrogens (tertiary/aromatic N) is 1. The van der Waals surface area contributed by atoms with Crippen LogP contribution in [0.3, 0.4) is 0 Å². The van der Waals surface area contributed by atoms with E-state index in [1.54, 1.807) is 6.20 Å². The maximum Gasteiger partial charge on any atom is 0.113 e. The number of ether oxygens (including phenoxy) is 1. The molecule has 3 nitrogen and oxygen atoms in total. The fourth-order valence-corrected chi connectivity index (χ4v) is 1.90. The molecule has 0 saturated heterocycles. The van der Waals surface area contributed by atoms with Crippen LogP contribution in [0.25, 0.3) is 0 Å². The Balaban J connectivity index is 1.95. The lowest BCUT2D eigenvalue weighted by Gasteiger charge is -2.03. The third kappa shape index (κ3) is 5.89. The average Bonchev–Trinajstić information content (AvgIpc) is 2.63. The van der Waals surface area contributed by atoms with Crippen molar-refractivity contribution in [2.45, 2.75) is 13.0 Å². The normalized spacial score (nSPS) is 10.5. The largest absolute Gasteiger partial charge is 0.380 e. The number of thiazole rings is 1. The molecule has 1 N–H and O–H groups in total. The maximum absolute atomic E-state index is 5.75. The van der Waals surface area contributed by atoms with E-state index >= 15 is 0 Å². The molecule has 1 heterocycles. The van der Waals surface area contributed by atoms with E-state index < -0.39 is 0 Å². The zero-order valence-electron chi connectivity index (χ0n) is 8.54. The number of hydrogen-bond donors (Lipinski definition) is 1. The van der Waals surface area contributed by atoms with Gasteiger partial charge in [-0.25, -0.2) is 4.98 Å². The molecule has 0 amide bonds. The molecule has 84 valence electrons. The third-order valence-electron chi connectivity index (χ3n) is 1.69. The molecule has 0 bridgehead atoms. The number of aromatic nitrogens is 1. The van der Waals surface area contributed by atoms with Crippen LogP contribution < -0.4 is 5.32 Å². The predicted octanol–water partition coefficient (Wildman–Crippen LogP) is 2.48. The van der Waals surface area contributed by atoms with E-state index in [0.29, 0.717) is 6.61 Å². The van der Waals surface area contributed by atoms with Crippen LogP contribution >= 0.6 is 22.9 Å². The molecule has 0 spiro atoms. The fourth-order valence-electron chi connectivity index (χ4n) is 0.978. The van der Waals surface area contributed by atoms with Gasteiger partial charge in [0.05, 0.1) is 19.4 Å². The van der Waals surface area contributed by atoms with Crippen molar-refractivity contribution in [3.63, 3.8) is 0 Å². The lowest BCUT2D eigenvalue weighted by Crippen LogP contribution is -2.19. The third-order valence-corrected chi connectivity index (χ3v) is 2.81. The molecule has 0 aromatic carbocycles. The molecule has 0 aliphatic rings. The minimum atomic E-state index is 0.715. The van der Waals surface area contributed by atoms with Crippen molar-refractivity contribution in [2.24, 2.45) is 0 Å². The summed E-state index contributed by atoms with van der Waals surface area (Å²) in [6, 6.07) is 0. The lowest BCUT2D eigenvalue weighted by molar-refractivity contribution is 0.140. The Morgan fingerprint density at radius 1 is 1.60 bits per heavy atom. The van der Waals surface area contributed by atoms with Gasteiger partial charge in [-0.1, -0.05) is 17.7 Å². The van der Waals surface area contributed by atoms with E-state index in [2.05, 4.69) is 16.9 Å². The smallest absolute Gasteiger partial charge is 0.113 e. The van der Waals surface area contributed by atoms with Crippen LogP contribution in [-0.2, 0) is 11.3 Å². The van der Waals surface area contributed by atoms with Gasteiger partial charge in [-0.2, -0.15) is 0 Å². The van der Waals surface area contributed by atoms with Crippen LogP contribution in [0.5, 0.6) is 0 Å². The van der Waals surface area contributed by atoms with Gasteiger partial charge in [0.1, 0.15) is 9.34 Å². The summed E-state index contributed by atoms with van der Waals surface area (Å²) >= 11 is 7.25. The second-order valence-electron chi connectivity index (χ2n) is 2.92. The Kier molecular flexibility index (Phi) is 6.59. The van der Waals surface area contributed by atoms with E-state index in [9.17, 15) is 0 Å². The van der Waals surface area contributed by atoms with Crippen molar-refractivity contribution in [3.8, 4) is 0 Å². The van der Waals surface area contributed by atoms with E-state index in [0.717, 1.165) is 35.5 Å². The minimum Gasteiger partial charge on any atom is -0.380 e. The topological polar surface area (TPSA) is 34.1 Å². The minimum absolute atomic E-state index is 0.715. The van der Waals surface area contributed by atoms with Crippen LogP contribution in [0.15, 0.2) is 18.9 Å². The second kappa shape index (κ2) is 7.82. The highest BCUT2D eigenvalue weighted by molar-refractivity contribution is 7.15. The summed E-state index contributed by atoms with van der Waals surface area (Å²) in [7, 11) is 0. The maximum atomic E-state index is 5.75. The Morgan fingerprint density at radius 2 is 2.47 bits per heavy atom. The number of rotatable bonds is 8. The lowest BCUT2D eigenvalue weighted by atomic mass is 10.4. The van der Waals surface area contributed by atoms with Crippen molar-refractivity contribution < 1.29 is 4.74 Å². The van der Waals surface area contributed by atoms with Crippen LogP contribution in [0.1, 0.15) is 11.4 Å². The van der Waals surface area contributed by atoms with Crippen LogP contribution in [0, 0.1) is 0 Å². The van der Waals surface area contributed by atoms with Crippen LogP contribution in [0.2, 0.25) is 4.34 Å². The zero-order valence-corrected chi connectivity index (χ0v) is 10.1. The molecule has 0 saturated carbocycles. The summed E-state index contributed by atoms with van der Waals surface area (Å²) in [5.41, 5.74) is 0. The summed E-state index contributed by atoms with van der Waals surface area (Å²) in [5, 5.41) is 4.24. The summed E-state index contributed by atoms with van der Waals surface area (Å²) in [6.45, 7) is 6.66. The van der Waals surface area contributed by atoms with Crippen molar-refractivity contribution >= 4 is 22.9 Å². The van der Waals surface area contributed by atoms with Gasteiger partial charge in [0.2, 0.25) is 0 Å². The first kappa shape index (κ1) is 12.6. The van der Waals surface area contributed by atoms with Gasteiger partial charge in [0.15, 0.2) is 0 Å². The number of nitrogens with one attached hydrogen (secondary N) is 1. The highest BCUT2D eigenvalue weighted by Crippen LogP contribution is 2.17. The molecule has 1 aromatic heterocycles. The van der Waals surface area contributed by atoms with Gasteiger partial charge in [-0.05, 0) is 6.42 Å². The Bertz CT molecular complexity index is 291. The molecule has 0 unspecified atom stereocenters. The Hall–Kier alpha value is -0.420. The van der Waals surface area contributed by atoms with Crippen LogP contribution in [0.4, 0.5) is 0 Å². The highest BCUT2D eigenvalue weighted by atomic mass is 35.5. The monoisotopic (exact) mass is 246 g/mol. The highest BCUT2D eigenvalue weighted by Gasteiger charge is 1.98. The average molecular weight is 247 g/mol. The molecular formula is C10H15ClN2OS. The van der Waals surface area contributed by atoms with Gasteiger partial charge in [-0.15, -0.1) is 17.9 Å². The molecule has 15 heavy (non-hydrogen) atoms. The molecular weight excluding hydrogens is 232 g/mol. The molecule has 0 fully saturated rings. The van der Waals surface area contributed by atoms with Crippen molar-refractivity contribution in [2.75, 3.05) is 19.8 Å². The summed E-state index contributed by atoms with van der Waals surface area (Å²) < 4.78 is 6.07. The molecule has 0 radical (unpaired) electrons. The van der Waals surface area contributed by atoms with E-state index in [4.69, 9.17) is 16.3 Å². The first-order valence-electron chi connectivity index (χ1n) is 4.82. The fraction of sp³-hybridized carbons (Fsp3) is 0.500. The second-order valence-corrected chi connectivity index (χ2v) is 4.67. The first-order chi connectivity index (χ1) is 7.33. The van der Waals surface area contributed by atoms with E-state index in [-0.39, 0.29) is 0 Å². The van der Waals surface area contributed by atoms with Gasteiger partial charge in [0, 0.05) is 13.1 Å². The van der Waals surface area contributed by atoms with E-state index in [1.165, 1.54) is 11.3 Å². The molecule has 1 rings (SSSR count). The van der Waals surface area contributed by atoms with Gasteiger partial charge in [-0.3, -0.25) is 0 Å². The zero-order chi connectivity index (χ0) is 10.9. The quantitative estimate of drug-likeness (QED) is 0.565. The van der Waals surface area contributed by atoms with Crippen LogP contribution in [-0.4, -0.2) is 24.7 Å². The van der Waals surface area contributed by atoms with E-state index in [1.807, 2.05) is 6.08 Å². The Labute approximate surface area is 99.1 Å². The van der Waals surface area contributed by atoms with Crippen molar-refractivity contribution in [1.82, 2.24) is 10.3 Å². The molecule has 1 aromatic rings.